The normalized spacial score (nSPS) is 19.2. The first-order valence-electron chi connectivity index (χ1n) is 4.78. The second-order valence-corrected chi connectivity index (χ2v) is 4.18. The maximum absolute atomic E-state index is 9.56. The Morgan fingerprint density at radius 3 is 1.83 bits per heavy atom. The van der Waals surface area contributed by atoms with E-state index in [0.717, 1.165) is 6.42 Å². The molecule has 0 saturated heterocycles. The number of hydrogen-bond donors (Lipinski definition) is 2. The summed E-state index contributed by atoms with van der Waals surface area (Å²) in [5, 5.41) is 18.4. The number of aliphatic hydroxyl groups is 2. The van der Waals surface area contributed by atoms with Gasteiger partial charge in [-0.05, 0) is 24.2 Å². The second-order valence-electron chi connectivity index (χ2n) is 4.18. The van der Waals surface area contributed by atoms with Crippen LogP contribution in [-0.4, -0.2) is 22.9 Å². The topological polar surface area (TPSA) is 40.5 Å². The minimum Gasteiger partial charge on any atom is -0.396 e. The molecule has 0 saturated carbocycles. The third-order valence-electron chi connectivity index (χ3n) is 2.64. The fourth-order valence-electron chi connectivity index (χ4n) is 1.07. The summed E-state index contributed by atoms with van der Waals surface area (Å²) in [6.07, 6.45) is 0.563. The minimum atomic E-state index is -0.228. The molecule has 0 aromatic heterocycles. The Morgan fingerprint density at radius 1 is 1.00 bits per heavy atom. The van der Waals surface area contributed by atoms with Gasteiger partial charge in [-0.15, -0.1) is 0 Å². The molecule has 0 heterocycles. The molecule has 0 aliphatic rings. The van der Waals surface area contributed by atoms with Gasteiger partial charge in [-0.3, -0.25) is 0 Å². The van der Waals surface area contributed by atoms with Gasteiger partial charge in [-0.1, -0.05) is 27.7 Å². The zero-order valence-corrected chi connectivity index (χ0v) is 8.62. The van der Waals surface area contributed by atoms with Crippen LogP contribution < -0.4 is 0 Å². The first kappa shape index (κ1) is 11.9. The van der Waals surface area contributed by atoms with Gasteiger partial charge in [-0.25, -0.2) is 0 Å². The molecule has 0 bridgehead atoms. The van der Waals surface area contributed by atoms with Gasteiger partial charge in [0.2, 0.25) is 0 Å². The number of aliphatic hydroxyl groups excluding tert-OH is 2. The SMILES string of the molecule is CC(C)[C@@H](O)C[C@@H](C)[C@@H](C)CO. The Morgan fingerprint density at radius 2 is 1.50 bits per heavy atom. The van der Waals surface area contributed by atoms with Gasteiger partial charge in [0.1, 0.15) is 0 Å². The summed E-state index contributed by atoms with van der Waals surface area (Å²) in [5.74, 6) is 1.00. The molecule has 0 aromatic carbocycles. The van der Waals surface area contributed by atoms with Crippen molar-refractivity contribution < 1.29 is 10.2 Å². The molecule has 0 aliphatic carbocycles. The van der Waals surface area contributed by atoms with Crippen LogP contribution in [0.4, 0.5) is 0 Å². The number of hydrogen-bond acceptors (Lipinski definition) is 2. The van der Waals surface area contributed by atoms with E-state index in [-0.39, 0.29) is 12.7 Å². The number of rotatable bonds is 5. The van der Waals surface area contributed by atoms with Crippen LogP contribution in [-0.2, 0) is 0 Å². The molecule has 2 nitrogen and oxygen atoms in total. The molecular formula is C10H22O2. The van der Waals surface area contributed by atoms with Crippen LogP contribution >= 0.6 is 0 Å². The molecule has 0 unspecified atom stereocenters. The molecule has 0 aliphatic heterocycles. The lowest BCUT2D eigenvalue weighted by atomic mass is 9.88. The molecule has 12 heavy (non-hydrogen) atoms. The van der Waals surface area contributed by atoms with Crippen LogP contribution in [0.25, 0.3) is 0 Å². The van der Waals surface area contributed by atoms with Crippen LogP contribution in [0.3, 0.4) is 0 Å². The predicted octanol–water partition coefficient (Wildman–Crippen LogP) is 1.66. The molecule has 0 rings (SSSR count). The standard InChI is InChI=1S/C10H22O2/c1-7(2)10(12)5-8(3)9(4)6-11/h7-12H,5-6H2,1-4H3/t8-,9+,10+/m1/s1. The Kier molecular flexibility index (Phi) is 5.51. The van der Waals surface area contributed by atoms with Gasteiger partial charge in [0.25, 0.3) is 0 Å². The zero-order chi connectivity index (χ0) is 9.72. The maximum atomic E-state index is 9.56. The van der Waals surface area contributed by atoms with E-state index in [4.69, 9.17) is 5.11 Å². The Hall–Kier alpha value is -0.0800. The highest BCUT2D eigenvalue weighted by molar-refractivity contribution is 4.68. The van der Waals surface area contributed by atoms with Gasteiger partial charge in [-0.2, -0.15) is 0 Å². The predicted molar refractivity (Wildman–Crippen MR) is 50.9 cm³/mol. The third-order valence-corrected chi connectivity index (χ3v) is 2.64. The van der Waals surface area contributed by atoms with E-state index in [9.17, 15) is 5.11 Å². The summed E-state index contributed by atoms with van der Waals surface area (Å²) in [5.41, 5.74) is 0. The molecule has 0 radical (unpaired) electrons. The lowest BCUT2D eigenvalue weighted by Gasteiger charge is -2.22. The van der Waals surface area contributed by atoms with E-state index in [1.54, 1.807) is 0 Å². The van der Waals surface area contributed by atoms with Gasteiger partial charge in [0, 0.05) is 6.61 Å². The first-order valence-corrected chi connectivity index (χ1v) is 4.78. The van der Waals surface area contributed by atoms with E-state index in [0.29, 0.717) is 17.8 Å². The molecule has 2 heteroatoms. The van der Waals surface area contributed by atoms with Gasteiger partial charge >= 0.3 is 0 Å². The van der Waals surface area contributed by atoms with E-state index in [1.165, 1.54) is 0 Å². The maximum Gasteiger partial charge on any atom is 0.0565 e. The quantitative estimate of drug-likeness (QED) is 0.665. The largest absolute Gasteiger partial charge is 0.396 e. The summed E-state index contributed by atoms with van der Waals surface area (Å²) in [6, 6.07) is 0. The summed E-state index contributed by atoms with van der Waals surface area (Å²) < 4.78 is 0. The molecule has 0 spiro atoms. The highest BCUT2D eigenvalue weighted by Gasteiger charge is 2.17. The summed E-state index contributed by atoms with van der Waals surface area (Å²) in [7, 11) is 0. The highest BCUT2D eigenvalue weighted by Crippen LogP contribution is 2.19. The van der Waals surface area contributed by atoms with Gasteiger partial charge in [0.15, 0.2) is 0 Å². The lowest BCUT2D eigenvalue weighted by Crippen LogP contribution is -2.22. The van der Waals surface area contributed by atoms with Crippen molar-refractivity contribution in [3.63, 3.8) is 0 Å². The first-order chi connectivity index (χ1) is 5.49. The fourth-order valence-corrected chi connectivity index (χ4v) is 1.07. The van der Waals surface area contributed by atoms with Crippen LogP contribution in [0.15, 0.2) is 0 Å². The third kappa shape index (κ3) is 4.07. The summed E-state index contributed by atoms with van der Waals surface area (Å²) in [6.45, 7) is 8.33. The molecular weight excluding hydrogens is 152 g/mol. The van der Waals surface area contributed by atoms with Crippen molar-refractivity contribution in [2.75, 3.05) is 6.61 Å². The summed E-state index contributed by atoms with van der Waals surface area (Å²) in [4.78, 5) is 0. The van der Waals surface area contributed by atoms with E-state index < -0.39 is 0 Å². The van der Waals surface area contributed by atoms with E-state index >= 15 is 0 Å². The van der Waals surface area contributed by atoms with Crippen molar-refractivity contribution in [2.24, 2.45) is 17.8 Å². The molecule has 3 atom stereocenters. The van der Waals surface area contributed by atoms with Crippen molar-refractivity contribution in [1.82, 2.24) is 0 Å². The van der Waals surface area contributed by atoms with Crippen LogP contribution in [0, 0.1) is 17.8 Å². The van der Waals surface area contributed by atoms with Crippen molar-refractivity contribution >= 4 is 0 Å². The van der Waals surface area contributed by atoms with Crippen LogP contribution in [0.1, 0.15) is 34.1 Å². The molecule has 0 fully saturated rings. The average Bonchev–Trinajstić information content (AvgIpc) is 2.02. The second kappa shape index (κ2) is 5.55. The smallest absolute Gasteiger partial charge is 0.0565 e. The van der Waals surface area contributed by atoms with E-state index in [1.807, 2.05) is 20.8 Å². The van der Waals surface area contributed by atoms with Crippen molar-refractivity contribution in [1.29, 1.82) is 0 Å². The zero-order valence-electron chi connectivity index (χ0n) is 8.62. The molecule has 0 aromatic rings. The molecule has 0 amide bonds. The van der Waals surface area contributed by atoms with Crippen molar-refractivity contribution in [2.45, 2.75) is 40.2 Å². The van der Waals surface area contributed by atoms with Gasteiger partial charge < -0.3 is 10.2 Å². The minimum absolute atomic E-state index is 0.214. The fraction of sp³-hybridized carbons (Fsp3) is 1.00. The molecule has 74 valence electrons. The van der Waals surface area contributed by atoms with Crippen LogP contribution in [0.5, 0.6) is 0 Å². The highest BCUT2D eigenvalue weighted by atomic mass is 16.3. The Bertz CT molecular complexity index is 112. The van der Waals surface area contributed by atoms with Gasteiger partial charge in [0.05, 0.1) is 6.10 Å². The van der Waals surface area contributed by atoms with Crippen molar-refractivity contribution in [3.8, 4) is 0 Å². The average molecular weight is 174 g/mol. The lowest BCUT2D eigenvalue weighted by molar-refractivity contribution is 0.0792. The van der Waals surface area contributed by atoms with Crippen LogP contribution in [0.2, 0.25) is 0 Å². The van der Waals surface area contributed by atoms with Crippen molar-refractivity contribution in [3.05, 3.63) is 0 Å². The van der Waals surface area contributed by atoms with E-state index in [2.05, 4.69) is 6.92 Å². The summed E-state index contributed by atoms with van der Waals surface area (Å²) >= 11 is 0. The molecule has 2 N–H and O–H groups in total. The monoisotopic (exact) mass is 174 g/mol. The Balaban J connectivity index is 3.75. The Labute approximate surface area is 75.6 Å².